The number of carbonyl (C=O) groups is 1. The lowest BCUT2D eigenvalue weighted by Crippen LogP contribution is -2.46. The highest BCUT2D eigenvalue weighted by Gasteiger charge is 2.36. The molecule has 3 rings (SSSR count). The molecule has 3 heterocycles. The zero-order valence-corrected chi connectivity index (χ0v) is 17.5. The molecule has 0 spiro atoms. The monoisotopic (exact) mass is 411 g/mol. The molecule has 1 N–H and O–H groups in total. The minimum Gasteiger partial charge on any atom is -0.389 e. The smallest absolute Gasteiger partial charge is 0.266 e. The first kappa shape index (κ1) is 21.0. The largest absolute Gasteiger partial charge is 0.389 e. The maximum Gasteiger partial charge on any atom is 0.266 e. The lowest BCUT2D eigenvalue weighted by atomic mass is 9.86. The molecule has 0 aliphatic carbocycles. The number of thiazole rings is 1. The third-order valence-electron chi connectivity index (χ3n) is 4.93. The molecule has 7 nitrogen and oxygen atoms in total. The zero-order chi connectivity index (χ0) is 20.9. The molecule has 1 aliphatic rings. The summed E-state index contributed by atoms with van der Waals surface area (Å²) in [6, 6.07) is 1.75. The van der Waals surface area contributed by atoms with Gasteiger partial charge in [-0.15, -0.1) is 11.3 Å². The van der Waals surface area contributed by atoms with Crippen molar-refractivity contribution >= 4 is 24.0 Å². The topological polar surface area (TPSA) is 91.6 Å². The minimum atomic E-state index is -0.884. The molecule has 0 radical (unpaired) electrons. The van der Waals surface area contributed by atoms with Crippen LogP contribution in [0.2, 0.25) is 0 Å². The second-order valence-electron chi connectivity index (χ2n) is 7.04. The summed E-state index contributed by atoms with van der Waals surface area (Å²) in [5, 5.41) is 11.8. The van der Waals surface area contributed by atoms with Crippen molar-refractivity contribution in [2.45, 2.75) is 38.7 Å². The molecule has 0 atom stereocenters. The molecule has 0 unspecified atom stereocenters. The maximum atomic E-state index is 13.2. The molecule has 29 heavy (non-hydrogen) atoms. The summed E-state index contributed by atoms with van der Waals surface area (Å²) in [6.45, 7) is 8.34. The SMILES string of the molecule is C=N/C(=C\C=C/C)CC1(O)CCN(C(=O)c2sc(C)nc2-c2ccncn2)CC1. The lowest BCUT2D eigenvalue weighted by molar-refractivity contribution is -0.0161. The van der Waals surface area contributed by atoms with E-state index in [1.54, 1.807) is 17.2 Å². The van der Waals surface area contributed by atoms with Crippen molar-refractivity contribution in [3.05, 3.63) is 52.4 Å². The van der Waals surface area contributed by atoms with Gasteiger partial charge in [0.1, 0.15) is 16.9 Å². The van der Waals surface area contributed by atoms with Crippen LogP contribution >= 0.6 is 11.3 Å². The van der Waals surface area contributed by atoms with Crippen LogP contribution in [0.4, 0.5) is 0 Å². The molecule has 2 aromatic rings. The van der Waals surface area contributed by atoms with E-state index in [0.29, 0.717) is 48.6 Å². The summed E-state index contributed by atoms with van der Waals surface area (Å²) in [5.74, 6) is -0.0715. The van der Waals surface area contributed by atoms with E-state index in [-0.39, 0.29) is 5.91 Å². The Kier molecular flexibility index (Phi) is 6.66. The van der Waals surface area contributed by atoms with Gasteiger partial charge in [-0.2, -0.15) is 0 Å². The van der Waals surface area contributed by atoms with Crippen LogP contribution in [0.25, 0.3) is 11.4 Å². The van der Waals surface area contributed by atoms with Crippen molar-refractivity contribution in [3.63, 3.8) is 0 Å². The maximum absolute atomic E-state index is 13.2. The summed E-state index contributed by atoms with van der Waals surface area (Å²) in [5.41, 5.74) is 1.09. The summed E-state index contributed by atoms with van der Waals surface area (Å²) in [7, 11) is 0. The molecular formula is C21H25N5O2S. The van der Waals surface area contributed by atoms with E-state index >= 15 is 0 Å². The van der Waals surface area contributed by atoms with E-state index in [9.17, 15) is 9.90 Å². The quantitative estimate of drug-likeness (QED) is 0.581. The van der Waals surface area contributed by atoms with Crippen LogP contribution in [0.5, 0.6) is 0 Å². The van der Waals surface area contributed by atoms with Gasteiger partial charge in [0, 0.05) is 31.4 Å². The normalized spacial score (nSPS) is 16.9. The predicted octanol–water partition coefficient (Wildman–Crippen LogP) is 3.43. The number of allylic oxidation sites excluding steroid dienone is 3. The molecule has 0 aromatic carbocycles. The van der Waals surface area contributed by atoms with Gasteiger partial charge in [0.05, 0.1) is 16.3 Å². The average molecular weight is 412 g/mol. The van der Waals surface area contributed by atoms with E-state index < -0.39 is 5.60 Å². The number of piperidine rings is 1. The number of aromatic nitrogens is 3. The Bertz CT molecular complexity index is 928. The van der Waals surface area contributed by atoms with Crippen LogP contribution in [-0.4, -0.2) is 56.3 Å². The van der Waals surface area contributed by atoms with Gasteiger partial charge in [0.2, 0.25) is 0 Å². The van der Waals surface area contributed by atoms with Crippen LogP contribution in [0.15, 0.2) is 47.5 Å². The fourth-order valence-electron chi connectivity index (χ4n) is 3.33. The van der Waals surface area contributed by atoms with E-state index in [0.717, 1.165) is 10.7 Å². The highest BCUT2D eigenvalue weighted by atomic mass is 32.1. The van der Waals surface area contributed by atoms with Gasteiger partial charge >= 0.3 is 0 Å². The van der Waals surface area contributed by atoms with Crippen molar-refractivity contribution in [2.75, 3.05) is 13.1 Å². The number of hydrogen-bond donors (Lipinski definition) is 1. The number of nitrogens with zero attached hydrogens (tertiary/aromatic N) is 5. The third-order valence-corrected chi connectivity index (χ3v) is 5.89. The average Bonchev–Trinajstić information content (AvgIpc) is 3.13. The molecule has 1 fully saturated rings. The van der Waals surface area contributed by atoms with Crippen molar-refractivity contribution in [1.29, 1.82) is 0 Å². The second kappa shape index (κ2) is 9.19. The number of aliphatic imine (C=N–C) groups is 1. The van der Waals surface area contributed by atoms with Crippen LogP contribution in [-0.2, 0) is 0 Å². The molecule has 0 saturated carbocycles. The van der Waals surface area contributed by atoms with Crippen molar-refractivity contribution < 1.29 is 9.90 Å². The molecule has 1 aliphatic heterocycles. The number of carbonyl (C=O) groups excluding carboxylic acids is 1. The van der Waals surface area contributed by atoms with Gasteiger partial charge in [0.15, 0.2) is 0 Å². The molecular weight excluding hydrogens is 386 g/mol. The van der Waals surface area contributed by atoms with Gasteiger partial charge in [-0.25, -0.2) is 15.0 Å². The first-order valence-electron chi connectivity index (χ1n) is 9.50. The zero-order valence-electron chi connectivity index (χ0n) is 16.7. The Labute approximate surface area is 174 Å². The molecule has 2 aromatic heterocycles. The number of aliphatic hydroxyl groups is 1. The van der Waals surface area contributed by atoms with Crippen LogP contribution < -0.4 is 0 Å². The van der Waals surface area contributed by atoms with E-state index in [4.69, 9.17) is 0 Å². The Morgan fingerprint density at radius 2 is 2.21 bits per heavy atom. The molecule has 152 valence electrons. The van der Waals surface area contributed by atoms with Gasteiger partial charge in [-0.05, 0) is 45.5 Å². The van der Waals surface area contributed by atoms with Crippen molar-refractivity contribution in [3.8, 4) is 11.4 Å². The standard InChI is InChI=1S/C21H25N5O2S/c1-4-5-6-16(22-3)13-21(28)8-11-26(12-9-21)20(27)19-18(25-15(2)29-19)17-7-10-23-14-24-17/h4-7,10,14,28H,3,8-9,11-13H2,1-2H3/b5-4-,16-6-. The molecule has 8 heteroatoms. The predicted molar refractivity (Wildman–Crippen MR) is 115 cm³/mol. The van der Waals surface area contributed by atoms with Gasteiger partial charge in [-0.1, -0.05) is 12.2 Å². The summed E-state index contributed by atoms with van der Waals surface area (Å²) >= 11 is 1.37. The van der Waals surface area contributed by atoms with Crippen molar-refractivity contribution in [2.24, 2.45) is 4.99 Å². The van der Waals surface area contributed by atoms with Gasteiger partial charge in [-0.3, -0.25) is 9.79 Å². The Balaban J connectivity index is 1.72. The van der Waals surface area contributed by atoms with Crippen LogP contribution in [0, 0.1) is 6.92 Å². The second-order valence-corrected chi connectivity index (χ2v) is 8.24. The highest BCUT2D eigenvalue weighted by Crippen LogP contribution is 2.32. The first-order valence-corrected chi connectivity index (χ1v) is 10.3. The number of likely N-dealkylation sites (tertiary alicyclic amines) is 1. The summed E-state index contributed by atoms with van der Waals surface area (Å²) < 4.78 is 0. The van der Waals surface area contributed by atoms with Crippen LogP contribution in [0.3, 0.4) is 0 Å². The third kappa shape index (κ3) is 5.02. The Morgan fingerprint density at radius 1 is 1.45 bits per heavy atom. The van der Waals surface area contributed by atoms with Gasteiger partial charge < -0.3 is 10.0 Å². The summed E-state index contributed by atoms with van der Waals surface area (Å²) in [6.07, 6.45) is 10.1. The minimum absolute atomic E-state index is 0.0715. The Morgan fingerprint density at radius 3 is 2.83 bits per heavy atom. The van der Waals surface area contributed by atoms with Crippen LogP contribution in [0.1, 0.15) is 40.9 Å². The summed E-state index contributed by atoms with van der Waals surface area (Å²) in [4.78, 5) is 32.2. The molecule has 1 saturated heterocycles. The lowest BCUT2D eigenvalue weighted by Gasteiger charge is -2.38. The first-order chi connectivity index (χ1) is 14.0. The van der Waals surface area contributed by atoms with E-state index in [2.05, 4.69) is 26.7 Å². The van der Waals surface area contributed by atoms with E-state index in [1.807, 2.05) is 32.1 Å². The molecule has 0 bridgehead atoms. The highest BCUT2D eigenvalue weighted by molar-refractivity contribution is 7.14. The fourth-order valence-corrected chi connectivity index (χ4v) is 4.23. The Hall–Kier alpha value is -2.71. The fraction of sp³-hybridized carbons (Fsp3) is 0.381. The number of amides is 1. The number of hydrogen-bond acceptors (Lipinski definition) is 7. The van der Waals surface area contributed by atoms with Gasteiger partial charge in [0.25, 0.3) is 5.91 Å². The van der Waals surface area contributed by atoms with E-state index in [1.165, 1.54) is 17.7 Å². The molecule has 1 amide bonds. The number of rotatable bonds is 6. The number of aryl methyl sites for hydroxylation is 1. The van der Waals surface area contributed by atoms with Crippen molar-refractivity contribution in [1.82, 2.24) is 19.9 Å².